The number of alkyl halides is 3. The van der Waals surface area contributed by atoms with Gasteiger partial charge in [-0.05, 0) is 36.5 Å². The fraction of sp³-hybridized carbons (Fsp3) is 0.429. The van der Waals surface area contributed by atoms with Crippen molar-refractivity contribution in [2.45, 2.75) is 32.4 Å². The highest BCUT2D eigenvalue weighted by atomic mass is 19.4. The van der Waals surface area contributed by atoms with Crippen molar-refractivity contribution in [3.05, 3.63) is 35.4 Å². The van der Waals surface area contributed by atoms with E-state index in [9.17, 15) is 13.2 Å². The zero-order chi connectivity index (χ0) is 12.9. The third kappa shape index (κ3) is 5.44. The highest BCUT2D eigenvalue weighted by Crippen LogP contribution is 2.27. The number of rotatable bonds is 4. The van der Waals surface area contributed by atoms with E-state index in [0.29, 0.717) is 12.8 Å². The minimum absolute atomic E-state index is 0.345. The molecule has 0 spiro atoms. The first-order valence-corrected chi connectivity index (χ1v) is 5.53. The van der Waals surface area contributed by atoms with E-state index in [1.807, 2.05) is 24.3 Å². The van der Waals surface area contributed by atoms with E-state index in [2.05, 4.69) is 5.92 Å². The van der Waals surface area contributed by atoms with Gasteiger partial charge in [0.25, 0.3) is 0 Å². The molecule has 92 valence electrons. The zero-order valence-electron chi connectivity index (χ0n) is 9.72. The van der Waals surface area contributed by atoms with E-state index in [1.54, 1.807) is 6.92 Å². The van der Waals surface area contributed by atoms with E-state index in [0.717, 1.165) is 11.1 Å². The SMILES string of the molecule is C#Cc1ccc(CC[C@H](C)CC(F)(F)F)cc1. The van der Waals surface area contributed by atoms with Crippen molar-refractivity contribution in [2.75, 3.05) is 0 Å². The lowest BCUT2D eigenvalue weighted by atomic mass is 9.97. The van der Waals surface area contributed by atoms with Crippen molar-refractivity contribution in [3.63, 3.8) is 0 Å². The van der Waals surface area contributed by atoms with Gasteiger partial charge in [-0.3, -0.25) is 0 Å². The largest absolute Gasteiger partial charge is 0.389 e. The van der Waals surface area contributed by atoms with E-state index in [1.165, 1.54) is 0 Å². The fourth-order valence-electron chi connectivity index (χ4n) is 1.68. The van der Waals surface area contributed by atoms with Gasteiger partial charge in [0.2, 0.25) is 0 Å². The second-order valence-corrected chi connectivity index (χ2v) is 4.30. The van der Waals surface area contributed by atoms with Crippen LogP contribution in [0.15, 0.2) is 24.3 Å². The topological polar surface area (TPSA) is 0 Å². The summed E-state index contributed by atoms with van der Waals surface area (Å²) in [4.78, 5) is 0. The van der Waals surface area contributed by atoms with Gasteiger partial charge >= 0.3 is 6.18 Å². The summed E-state index contributed by atoms with van der Waals surface area (Å²) >= 11 is 0. The number of halogens is 3. The molecule has 0 aliphatic rings. The molecule has 0 aliphatic heterocycles. The lowest BCUT2D eigenvalue weighted by Crippen LogP contribution is -2.13. The Morgan fingerprint density at radius 1 is 1.24 bits per heavy atom. The van der Waals surface area contributed by atoms with Gasteiger partial charge in [0.05, 0.1) is 0 Å². The molecule has 0 N–H and O–H groups in total. The van der Waals surface area contributed by atoms with E-state index in [-0.39, 0.29) is 5.92 Å². The van der Waals surface area contributed by atoms with Gasteiger partial charge in [-0.2, -0.15) is 13.2 Å². The Bertz CT molecular complexity index is 381. The van der Waals surface area contributed by atoms with Crippen LogP contribution in [0.25, 0.3) is 0 Å². The highest BCUT2D eigenvalue weighted by molar-refractivity contribution is 5.34. The molecule has 0 amide bonds. The first-order chi connectivity index (χ1) is 7.90. The molecule has 0 saturated carbocycles. The van der Waals surface area contributed by atoms with Gasteiger partial charge in [-0.15, -0.1) is 6.42 Å². The second kappa shape index (κ2) is 5.77. The average molecular weight is 240 g/mol. The average Bonchev–Trinajstić information content (AvgIpc) is 2.25. The van der Waals surface area contributed by atoms with Crippen molar-refractivity contribution < 1.29 is 13.2 Å². The molecule has 0 unspecified atom stereocenters. The summed E-state index contributed by atoms with van der Waals surface area (Å²) in [7, 11) is 0. The monoisotopic (exact) mass is 240 g/mol. The Morgan fingerprint density at radius 3 is 2.29 bits per heavy atom. The number of aryl methyl sites for hydroxylation is 1. The Balaban J connectivity index is 2.42. The molecule has 3 heteroatoms. The maximum Gasteiger partial charge on any atom is 0.389 e. The lowest BCUT2D eigenvalue weighted by Gasteiger charge is -2.13. The summed E-state index contributed by atoms with van der Waals surface area (Å²) in [5.74, 6) is 2.16. The van der Waals surface area contributed by atoms with E-state index >= 15 is 0 Å². The molecule has 0 aromatic heterocycles. The van der Waals surface area contributed by atoms with Crippen LogP contribution in [0.4, 0.5) is 13.2 Å². The maximum atomic E-state index is 12.1. The van der Waals surface area contributed by atoms with Crippen LogP contribution >= 0.6 is 0 Å². The Hall–Kier alpha value is -1.43. The van der Waals surface area contributed by atoms with Crippen LogP contribution in [0.5, 0.6) is 0 Å². The summed E-state index contributed by atoms with van der Waals surface area (Å²) in [6.07, 6.45) is 1.63. The van der Waals surface area contributed by atoms with Crippen LogP contribution in [0.3, 0.4) is 0 Å². The molecular weight excluding hydrogens is 225 g/mol. The summed E-state index contributed by atoms with van der Waals surface area (Å²) < 4.78 is 36.3. The molecule has 0 aliphatic carbocycles. The van der Waals surface area contributed by atoms with Crippen molar-refractivity contribution >= 4 is 0 Å². The van der Waals surface area contributed by atoms with E-state index in [4.69, 9.17) is 6.42 Å². The quantitative estimate of drug-likeness (QED) is 0.692. The molecule has 1 aromatic carbocycles. The third-order valence-electron chi connectivity index (χ3n) is 2.63. The van der Waals surface area contributed by atoms with Crippen LogP contribution < -0.4 is 0 Å². The minimum atomic E-state index is -4.06. The molecule has 1 atom stereocenters. The van der Waals surface area contributed by atoms with Crippen molar-refractivity contribution in [1.82, 2.24) is 0 Å². The lowest BCUT2D eigenvalue weighted by molar-refractivity contribution is -0.143. The van der Waals surface area contributed by atoms with Crippen molar-refractivity contribution in [3.8, 4) is 12.3 Å². The third-order valence-corrected chi connectivity index (χ3v) is 2.63. The molecule has 17 heavy (non-hydrogen) atoms. The normalized spacial score (nSPS) is 13.1. The summed E-state index contributed by atoms with van der Waals surface area (Å²) in [6.45, 7) is 1.63. The van der Waals surface area contributed by atoms with Crippen LogP contribution in [0.1, 0.15) is 30.9 Å². The van der Waals surface area contributed by atoms with Gasteiger partial charge in [-0.1, -0.05) is 25.0 Å². The van der Waals surface area contributed by atoms with Gasteiger partial charge in [-0.25, -0.2) is 0 Å². The number of benzene rings is 1. The second-order valence-electron chi connectivity index (χ2n) is 4.30. The van der Waals surface area contributed by atoms with Crippen LogP contribution in [0.2, 0.25) is 0 Å². The first kappa shape index (κ1) is 13.6. The number of hydrogen-bond acceptors (Lipinski definition) is 0. The van der Waals surface area contributed by atoms with Gasteiger partial charge in [0, 0.05) is 12.0 Å². The molecule has 0 bridgehead atoms. The van der Waals surface area contributed by atoms with Gasteiger partial charge in [0.1, 0.15) is 0 Å². The number of hydrogen-bond donors (Lipinski definition) is 0. The summed E-state index contributed by atoms with van der Waals surface area (Å²) in [5.41, 5.74) is 1.81. The first-order valence-electron chi connectivity index (χ1n) is 5.53. The van der Waals surface area contributed by atoms with Crippen LogP contribution in [0, 0.1) is 18.3 Å². The highest BCUT2D eigenvalue weighted by Gasteiger charge is 2.29. The minimum Gasteiger partial charge on any atom is -0.171 e. The molecule has 0 radical (unpaired) electrons. The number of terminal acetylenes is 1. The molecule has 1 rings (SSSR count). The predicted octanol–water partition coefficient (Wildman–Crippen LogP) is 4.19. The van der Waals surface area contributed by atoms with Crippen molar-refractivity contribution in [2.24, 2.45) is 5.92 Å². The maximum absolute atomic E-state index is 12.1. The van der Waals surface area contributed by atoms with Crippen LogP contribution in [-0.4, -0.2) is 6.18 Å². The smallest absolute Gasteiger partial charge is 0.171 e. The van der Waals surface area contributed by atoms with Crippen molar-refractivity contribution in [1.29, 1.82) is 0 Å². The fourth-order valence-corrected chi connectivity index (χ4v) is 1.68. The molecular formula is C14H15F3. The summed E-state index contributed by atoms with van der Waals surface area (Å²) in [5, 5.41) is 0. The molecule has 0 nitrogen and oxygen atoms in total. The molecule has 1 aromatic rings. The molecule has 0 saturated heterocycles. The molecule has 0 heterocycles. The van der Waals surface area contributed by atoms with E-state index < -0.39 is 12.6 Å². The van der Waals surface area contributed by atoms with Gasteiger partial charge < -0.3 is 0 Å². The predicted molar refractivity (Wildman–Crippen MR) is 62.5 cm³/mol. The molecule has 0 fully saturated rings. The summed E-state index contributed by atoms with van der Waals surface area (Å²) in [6, 6.07) is 7.36. The Morgan fingerprint density at radius 2 is 1.82 bits per heavy atom. The standard InChI is InChI=1S/C14H15F3/c1-3-12-6-8-13(9-7-12)5-4-11(2)10-14(15,16)17/h1,6-9,11H,4-5,10H2,2H3/t11-/m0/s1. The van der Waals surface area contributed by atoms with Crippen LogP contribution in [-0.2, 0) is 6.42 Å². The Kier molecular flexibility index (Phi) is 4.62. The zero-order valence-corrected chi connectivity index (χ0v) is 9.72. The Labute approximate surface area is 99.8 Å². The van der Waals surface area contributed by atoms with Gasteiger partial charge in [0.15, 0.2) is 0 Å².